The van der Waals surface area contributed by atoms with E-state index in [0.29, 0.717) is 24.2 Å². The first kappa shape index (κ1) is 18.9. The first-order valence-electron chi connectivity index (χ1n) is 9.08. The maximum atomic E-state index is 13.1. The highest BCUT2D eigenvalue weighted by molar-refractivity contribution is 7.89. The van der Waals surface area contributed by atoms with E-state index in [1.165, 1.54) is 12.1 Å². The van der Waals surface area contributed by atoms with Gasteiger partial charge in [0.1, 0.15) is 17.7 Å². The van der Waals surface area contributed by atoms with Gasteiger partial charge in [0.15, 0.2) is 0 Å². The average Bonchev–Trinajstić information content (AvgIpc) is 3.21. The van der Waals surface area contributed by atoms with Gasteiger partial charge in [-0.1, -0.05) is 18.2 Å². The Labute approximate surface area is 162 Å². The zero-order chi connectivity index (χ0) is 20.1. The quantitative estimate of drug-likeness (QED) is 0.798. The number of fused-ring (bicyclic) bond motifs is 3. The van der Waals surface area contributed by atoms with Gasteiger partial charge in [-0.05, 0) is 44.0 Å². The summed E-state index contributed by atoms with van der Waals surface area (Å²) in [7, 11) is -3.81. The molecule has 148 valence electrons. The number of sulfonamides is 1. The summed E-state index contributed by atoms with van der Waals surface area (Å²) in [5, 5.41) is 9.35. The summed E-state index contributed by atoms with van der Waals surface area (Å²) in [6.45, 7) is 1.60. The number of hydrogen-bond donors (Lipinski definition) is 2. The first-order valence-corrected chi connectivity index (χ1v) is 10.6. The lowest BCUT2D eigenvalue weighted by atomic mass is 9.90. The molecule has 6 nitrogen and oxygen atoms in total. The molecule has 2 aromatic carbocycles. The van der Waals surface area contributed by atoms with Crippen molar-refractivity contribution in [1.82, 2.24) is 4.72 Å². The predicted molar refractivity (Wildman–Crippen MR) is 99.4 cm³/mol. The first-order chi connectivity index (χ1) is 13.3. The van der Waals surface area contributed by atoms with Gasteiger partial charge in [-0.25, -0.2) is 17.5 Å². The third-order valence-corrected chi connectivity index (χ3v) is 7.07. The summed E-state index contributed by atoms with van der Waals surface area (Å²) in [6, 6.07) is 9.68. The molecular formula is C20H20FNO5S. The van der Waals surface area contributed by atoms with Crippen molar-refractivity contribution in [2.75, 3.05) is 0 Å². The van der Waals surface area contributed by atoms with Crippen LogP contribution < -0.4 is 9.46 Å². The molecule has 1 heterocycles. The number of carboxylic acids is 1. The number of carbonyl (C=O) groups is 1. The third-order valence-electron chi connectivity index (χ3n) is 5.57. The van der Waals surface area contributed by atoms with Crippen molar-refractivity contribution in [3.05, 3.63) is 59.4 Å². The number of ether oxygens (including phenoxy) is 1. The summed E-state index contributed by atoms with van der Waals surface area (Å²) in [4.78, 5) is 11.4. The number of aliphatic carboxylic acids is 1. The Balaban J connectivity index is 1.64. The van der Waals surface area contributed by atoms with Crippen LogP contribution in [0, 0.1) is 5.82 Å². The Morgan fingerprint density at radius 3 is 2.61 bits per heavy atom. The van der Waals surface area contributed by atoms with E-state index in [9.17, 15) is 22.7 Å². The minimum Gasteiger partial charge on any atom is -0.489 e. The maximum absolute atomic E-state index is 13.1. The highest BCUT2D eigenvalue weighted by atomic mass is 32.2. The fraction of sp³-hybridized carbons (Fsp3) is 0.350. The van der Waals surface area contributed by atoms with Crippen molar-refractivity contribution in [3.63, 3.8) is 0 Å². The maximum Gasteiger partial charge on any atom is 0.310 e. The highest BCUT2D eigenvalue weighted by Gasteiger charge is 2.47. The number of para-hydroxylation sites is 1. The fourth-order valence-corrected chi connectivity index (χ4v) is 5.42. The Morgan fingerprint density at radius 2 is 1.93 bits per heavy atom. The van der Waals surface area contributed by atoms with Crippen molar-refractivity contribution < 1.29 is 27.4 Å². The van der Waals surface area contributed by atoms with E-state index in [2.05, 4.69) is 4.72 Å². The number of benzene rings is 2. The molecule has 1 aliphatic carbocycles. The Hall–Kier alpha value is -2.45. The molecule has 1 fully saturated rings. The Morgan fingerprint density at radius 1 is 1.21 bits per heavy atom. The molecular weight excluding hydrogens is 385 g/mol. The molecule has 8 heteroatoms. The molecule has 2 N–H and O–H groups in total. The third kappa shape index (κ3) is 3.16. The van der Waals surface area contributed by atoms with Gasteiger partial charge in [0, 0.05) is 23.1 Å². The molecule has 4 atom stereocenters. The van der Waals surface area contributed by atoms with Crippen LogP contribution in [-0.4, -0.2) is 31.6 Å². The second-order valence-corrected chi connectivity index (χ2v) is 8.98. The van der Waals surface area contributed by atoms with E-state index >= 15 is 0 Å². The normalized spacial score (nSPS) is 24.3. The summed E-state index contributed by atoms with van der Waals surface area (Å²) < 4.78 is 47.3. The molecule has 4 rings (SSSR count). The molecule has 0 saturated heterocycles. The van der Waals surface area contributed by atoms with Gasteiger partial charge in [0.05, 0.1) is 10.8 Å². The number of hydrogen-bond acceptors (Lipinski definition) is 4. The molecule has 2 aliphatic rings. The Bertz CT molecular complexity index is 1020. The van der Waals surface area contributed by atoms with Gasteiger partial charge in [0.2, 0.25) is 10.0 Å². The molecule has 0 amide bonds. The van der Waals surface area contributed by atoms with Crippen LogP contribution in [-0.2, 0) is 14.8 Å². The standard InChI is InChI=1S/C20H20FNO5S/c1-11(20(23)24)14-3-2-4-15-18-16(9-10-17(18)27-19(14)15)22-28(25,26)13-7-5-12(21)6-8-13/h2-8,11,16-18,22H,9-10H2,1H3,(H,23,24). The van der Waals surface area contributed by atoms with E-state index < -0.39 is 27.7 Å². The minimum absolute atomic E-state index is 0.00439. The molecule has 2 aromatic rings. The zero-order valence-electron chi connectivity index (χ0n) is 15.1. The second-order valence-electron chi connectivity index (χ2n) is 7.27. The van der Waals surface area contributed by atoms with Crippen molar-refractivity contribution in [3.8, 4) is 5.75 Å². The van der Waals surface area contributed by atoms with Crippen LogP contribution >= 0.6 is 0 Å². The van der Waals surface area contributed by atoms with E-state index in [1.807, 2.05) is 6.07 Å². The van der Waals surface area contributed by atoms with Gasteiger partial charge in [-0.15, -0.1) is 0 Å². The van der Waals surface area contributed by atoms with Crippen molar-refractivity contribution in [2.45, 2.75) is 48.6 Å². The lowest BCUT2D eigenvalue weighted by molar-refractivity contribution is -0.138. The lowest BCUT2D eigenvalue weighted by Crippen LogP contribution is -2.37. The smallest absolute Gasteiger partial charge is 0.310 e. The van der Waals surface area contributed by atoms with Crippen LogP contribution in [0.1, 0.15) is 42.7 Å². The van der Waals surface area contributed by atoms with Gasteiger partial charge >= 0.3 is 5.97 Å². The van der Waals surface area contributed by atoms with E-state index in [0.717, 1.165) is 17.7 Å². The zero-order valence-corrected chi connectivity index (χ0v) is 15.9. The molecule has 1 saturated carbocycles. The van der Waals surface area contributed by atoms with E-state index in [-0.39, 0.29) is 23.0 Å². The largest absolute Gasteiger partial charge is 0.489 e. The van der Waals surface area contributed by atoms with Crippen LogP contribution in [0.3, 0.4) is 0 Å². The lowest BCUT2D eigenvalue weighted by Gasteiger charge is -2.20. The molecule has 1 aliphatic heterocycles. The molecule has 0 bridgehead atoms. The Kier molecular flexibility index (Phi) is 4.63. The molecule has 0 radical (unpaired) electrons. The van der Waals surface area contributed by atoms with Gasteiger partial charge in [-0.3, -0.25) is 4.79 Å². The summed E-state index contributed by atoms with van der Waals surface area (Å²) in [6.07, 6.45) is 1.07. The fourth-order valence-electron chi connectivity index (χ4n) is 4.12. The topological polar surface area (TPSA) is 92.7 Å². The number of carboxylic acid groups (broad SMARTS) is 1. The van der Waals surface area contributed by atoms with E-state index in [4.69, 9.17) is 4.74 Å². The van der Waals surface area contributed by atoms with Gasteiger partial charge in [-0.2, -0.15) is 0 Å². The second kappa shape index (κ2) is 6.86. The number of halogens is 1. The highest BCUT2D eigenvalue weighted by Crippen LogP contribution is 2.50. The van der Waals surface area contributed by atoms with Crippen molar-refractivity contribution in [2.24, 2.45) is 0 Å². The van der Waals surface area contributed by atoms with Crippen LogP contribution in [0.5, 0.6) is 5.75 Å². The van der Waals surface area contributed by atoms with Crippen LogP contribution in [0.4, 0.5) is 4.39 Å². The molecule has 28 heavy (non-hydrogen) atoms. The molecule has 0 aromatic heterocycles. The van der Waals surface area contributed by atoms with Crippen LogP contribution in [0.25, 0.3) is 0 Å². The van der Waals surface area contributed by atoms with Crippen LogP contribution in [0.2, 0.25) is 0 Å². The predicted octanol–water partition coefficient (Wildman–Crippen LogP) is 3.00. The molecule has 4 unspecified atom stereocenters. The van der Waals surface area contributed by atoms with Crippen molar-refractivity contribution >= 4 is 16.0 Å². The van der Waals surface area contributed by atoms with Gasteiger partial charge in [0.25, 0.3) is 0 Å². The number of nitrogens with one attached hydrogen (secondary N) is 1. The van der Waals surface area contributed by atoms with E-state index in [1.54, 1.807) is 19.1 Å². The average molecular weight is 405 g/mol. The molecule has 0 spiro atoms. The monoisotopic (exact) mass is 405 g/mol. The summed E-state index contributed by atoms with van der Waals surface area (Å²) >= 11 is 0. The van der Waals surface area contributed by atoms with Crippen LogP contribution in [0.15, 0.2) is 47.4 Å². The SMILES string of the molecule is CC(C(=O)O)c1cccc2c1OC1CCC(NS(=O)(=O)c3ccc(F)cc3)C21. The van der Waals surface area contributed by atoms with Gasteiger partial charge < -0.3 is 9.84 Å². The summed E-state index contributed by atoms with van der Waals surface area (Å²) in [5.41, 5.74) is 1.43. The number of rotatable bonds is 5. The summed E-state index contributed by atoms with van der Waals surface area (Å²) in [5.74, 6) is -1.80. The van der Waals surface area contributed by atoms with Crippen molar-refractivity contribution in [1.29, 1.82) is 0 Å². The minimum atomic E-state index is -3.81.